The highest BCUT2D eigenvalue weighted by atomic mass is 16.3. The van der Waals surface area contributed by atoms with Gasteiger partial charge in [-0.1, -0.05) is 189 Å². The maximum atomic E-state index is 9.02. The lowest BCUT2D eigenvalue weighted by molar-refractivity contribution is 0.199. The van der Waals surface area contributed by atoms with Crippen molar-refractivity contribution in [3.05, 3.63) is 97.1 Å². The minimum Gasteiger partial charge on any atom is -0.396 e. The first-order valence-corrected chi connectivity index (χ1v) is 21.3. The standard InChI is InChI=1S/C12H26O.C11H22O.C10H20O.C8H10O.C7H8O/c1-3-4-5-6-7-8-9-10-12(2)11-13;1-2-3-4-5-6-7-8-9-10-11-12;1-2-3-4-5-6-7-8-9-10-11;1-7(9)8-5-3-2-4-6-8;8-6-7-4-2-1-3-5-7/h12-13H,3-11H2,1-2H3;2,12H,1,3-11H2;2,11H,1,3-10H2;2-7,9H,1H3;1-5,8H,6H2. The van der Waals surface area contributed by atoms with Crippen molar-refractivity contribution >= 4 is 0 Å². The summed E-state index contributed by atoms with van der Waals surface area (Å²) >= 11 is 0. The van der Waals surface area contributed by atoms with E-state index in [4.69, 9.17) is 25.5 Å². The number of hydrogen-bond donors (Lipinski definition) is 5. The number of rotatable bonds is 28. The average molecular weight is 743 g/mol. The van der Waals surface area contributed by atoms with Crippen LogP contribution in [0.1, 0.15) is 186 Å². The molecule has 2 rings (SSSR count). The van der Waals surface area contributed by atoms with Crippen molar-refractivity contribution in [2.24, 2.45) is 5.92 Å². The van der Waals surface area contributed by atoms with Crippen molar-refractivity contribution in [2.45, 2.75) is 181 Å². The van der Waals surface area contributed by atoms with Gasteiger partial charge in [0.15, 0.2) is 0 Å². The van der Waals surface area contributed by atoms with E-state index in [9.17, 15) is 0 Å². The second-order valence-corrected chi connectivity index (χ2v) is 14.1. The first kappa shape index (κ1) is 55.1. The van der Waals surface area contributed by atoms with Crippen molar-refractivity contribution in [3.63, 3.8) is 0 Å². The third-order valence-corrected chi connectivity index (χ3v) is 8.80. The number of allylic oxidation sites excluding steroid dienone is 2. The van der Waals surface area contributed by atoms with Gasteiger partial charge in [-0.05, 0) is 68.9 Å². The molecular formula is C48H86O5. The zero-order chi connectivity index (χ0) is 39.9. The Balaban J connectivity index is -0.000000594. The smallest absolute Gasteiger partial charge is 0.0761 e. The molecule has 53 heavy (non-hydrogen) atoms. The SMILES string of the molecule is C=CCCCCCCCCCO.C=CCCCCCCCCO.CC(O)c1ccccc1.CCCCCCCCCC(C)CO.OCc1ccccc1. The van der Waals surface area contributed by atoms with Crippen LogP contribution in [0.25, 0.3) is 0 Å². The van der Waals surface area contributed by atoms with Gasteiger partial charge < -0.3 is 25.5 Å². The van der Waals surface area contributed by atoms with Gasteiger partial charge in [-0.25, -0.2) is 0 Å². The zero-order valence-electron chi connectivity index (χ0n) is 34.8. The summed E-state index contributed by atoms with van der Waals surface area (Å²) in [5.41, 5.74) is 1.94. The van der Waals surface area contributed by atoms with Crippen molar-refractivity contribution in [2.75, 3.05) is 19.8 Å². The summed E-state index contributed by atoms with van der Waals surface area (Å²) in [6, 6.07) is 19.1. The molecule has 2 atom stereocenters. The minimum atomic E-state index is -0.341. The normalized spacial score (nSPS) is 11.2. The van der Waals surface area contributed by atoms with Gasteiger partial charge in [0.1, 0.15) is 0 Å². The Kier molecular flexibility index (Phi) is 51.7. The summed E-state index contributed by atoms with van der Waals surface area (Å²) in [4.78, 5) is 0. The van der Waals surface area contributed by atoms with Crippen LogP contribution in [0, 0.1) is 5.92 Å². The number of hydrogen-bond acceptors (Lipinski definition) is 5. The fraction of sp³-hybridized carbons (Fsp3) is 0.667. The van der Waals surface area contributed by atoms with E-state index < -0.39 is 0 Å². The number of benzene rings is 2. The van der Waals surface area contributed by atoms with Crippen molar-refractivity contribution < 1.29 is 25.5 Å². The molecule has 0 fully saturated rings. The largest absolute Gasteiger partial charge is 0.396 e. The topological polar surface area (TPSA) is 101 Å². The molecule has 0 heterocycles. The summed E-state index contributed by atoms with van der Waals surface area (Å²) in [5, 5.41) is 43.4. The van der Waals surface area contributed by atoms with E-state index in [-0.39, 0.29) is 12.7 Å². The van der Waals surface area contributed by atoms with Crippen LogP contribution in [0.2, 0.25) is 0 Å². The van der Waals surface area contributed by atoms with Gasteiger partial charge in [-0.3, -0.25) is 0 Å². The summed E-state index contributed by atoms with van der Waals surface area (Å²) in [5.74, 6) is 0.510. The molecule has 0 amide bonds. The van der Waals surface area contributed by atoms with Gasteiger partial charge in [0.25, 0.3) is 0 Å². The number of unbranched alkanes of at least 4 members (excludes halogenated alkanes) is 19. The predicted octanol–water partition coefficient (Wildman–Crippen LogP) is 12.9. The molecule has 0 saturated carbocycles. The van der Waals surface area contributed by atoms with Crippen molar-refractivity contribution in [1.29, 1.82) is 0 Å². The molecule has 308 valence electrons. The van der Waals surface area contributed by atoms with Gasteiger partial charge in [-0.15, -0.1) is 13.2 Å². The zero-order valence-corrected chi connectivity index (χ0v) is 34.8. The van der Waals surface area contributed by atoms with Gasteiger partial charge in [0.05, 0.1) is 12.7 Å². The molecule has 0 aliphatic carbocycles. The van der Waals surface area contributed by atoms with E-state index >= 15 is 0 Å². The van der Waals surface area contributed by atoms with Gasteiger partial charge >= 0.3 is 0 Å². The highest BCUT2D eigenvalue weighted by Gasteiger charge is 1.99. The summed E-state index contributed by atoms with van der Waals surface area (Å²) in [6.45, 7) is 14.7. The summed E-state index contributed by atoms with van der Waals surface area (Å²) < 4.78 is 0. The lowest BCUT2D eigenvalue weighted by atomic mass is 10.0. The third-order valence-electron chi connectivity index (χ3n) is 8.80. The van der Waals surface area contributed by atoms with Crippen molar-refractivity contribution in [3.8, 4) is 0 Å². The molecule has 2 aromatic carbocycles. The van der Waals surface area contributed by atoms with Crippen LogP contribution in [0.4, 0.5) is 0 Å². The van der Waals surface area contributed by atoms with E-state index in [0.29, 0.717) is 25.7 Å². The molecule has 2 aromatic rings. The molecule has 5 heteroatoms. The quantitative estimate of drug-likeness (QED) is 0.0441. The molecule has 5 N–H and O–H groups in total. The highest BCUT2D eigenvalue weighted by Crippen LogP contribution is 2.12. The fourth-order valence-electron chi connectivity index (χ4n) is 5.25. The number of aliphatic hydroxyl groups excluding tert-OH is 5. The Labute approximate surface area is 328 Å². The van der Waals surface area contributed by atoms with Gasteiger partial charge in [0.2, 0.25) is 0 Å². The second-order valence-electron chi connectivity index (χ2n) is 14.1. The van der Waals surface area contributed by atoms with Crippen LogP contribution < -0.4 is 0 Å². The Morgan fingerprint density at radius 2 is 0.887 bits per heavy atom. The maximum absolute atomic E-state index is 9.02. The molecule has 0 bridgehead atoms. The van der Waals surface area contributed by atoms with Crippen molar-refractivity contribution in [1.82, 2.24) is 0 Å². The van der Waals surface area contributed by atoms with Gasteiger partial charge in [-0.2, -0.15) is 0 Å². The van der Waals surface area contributed by atoms with Crippen LogP contribution in [0.3, 0.4) is 0 Å². The third kappa shape index (κ3) is 49.7. The van der Waals surface area contributed by atoms with E-state index in [1.54, 1.807) is 6.92 Å². The molecule has 0 aliphatic rings. The van der Waals surface area contributed by atoms with Crippen LogP contribution in [0.5, 0.6) is 0 Å². The molecule has 0 spiro atoms. The summed E-state index contributed by atoms with van der Waals surface area (Å²) in [6.07, 6.45) is 32.8. The highest BCUT2D eigenvalue weighted by molar-refractivity contribution is 5.16. The fourth-order valence-corrected chi connectivity index (χ4v) is 5.25. The second kappa shape index (κ2) is 49.7. The van der Waals surface area contributed by atoms with Crippen LogP contribution in [-0.4, -0.2) is 45.4 Å². The number of aliphatic hydroxyl groups is 5. The Morgan fingerprint density at radius 1 is 0.509 bits per heavy atom. The molecule has 0 aliphatic heterocycles. The van der Waals surface area contributed by atoms with E-state index in [1.807, 2.05) is 72.8 Å². The van der Waals surface area contributed by atoms with Crippen LogP contribution in [0.15, 0.2) is 86.0 Å². The molecule has 2 unspecified atom stereocenters. The first-order valence-electron chi connectivity index (χ1n) is 21.3. The van der Waals surface area contributed by atoms with E-state index in [2.05, 4.69) is 27.0 Å². The Morgan fingerprint density at radius 3 is 1.21 bits per heavy atom. The minimum absolute atomic E-state index is 0.140. The predicted molar refractivity (Wildman–Crippen MR) is 232 cm³/mol. The Bertz CT molecular complexity index is 918. The maximum Gasteiger partial charge on any atom is 0.0761 e. The molecule has 0 radical (unpaired) electrons. The van der Waals surface area contributed by atoms with Crippen LogP contribution >= 0.6 is 0 Å². The van der Waals surface area contributed by atoms with Gasteiger partial charge in [0, 0.05) is 19.8 Å². The molecule has 0 saturated heterocycles. The molecule has 0 aromatic heterocycles. The average Bonchev–Trinajstić information content (AvgIpc) is 3.20. The monoisotopic (exact) mass is 743 g/mol. The van der Waals surface area contributed by atoms with Crippen LogP contribution in [-0.2, 0) is 6.61 Å². The van der Waals surface area contributed by atoms with E-state index in [0.717, 1.165) is 36.8 Å². The Hall–Kier alpha value is -2.28. The molecular weight excluding hydrogens is 657 g/mol. The first-order chi connectivity index (χ1) is 25.9. The summed E-state index contributed by atoms with van der Waals surface area (Å²) in [7, 11) is 0. The lowest BCUT2D eigenvalue weighted by Gasteiger charge is -2.06. The lowest BCUT2D eigenvalue weighted by Crippen LogP contribution is -1.99. The molecule has 5 nitrogen and oxygen atoms in total. The van der Waals surface area contributed by atoms with E-state index in [1.165, 1.54) is 122 Å².